The Balaban J connectivity index is -0.000000467. The third kappa shape index (κ3) is 11.7. The van der Waals surface area contributed by atoms with Gasteiger partial charge in [0.2, 0.25) is 0 Å². The molecular weight excluding hydrogens is 522 g/mol. The molecule has 0 atom stereocenters. The summed E-state index contributed by atoms with van der Waals surface area (Å²) in [5, 5.41) is 19.8. The van der Waals surface area contributed by atoms with Gasteiger partial charge in [-0.3, -0.25) is 5.22 Å². The van der Waals surface area contributed by atoms with Gasteiger partial charge in [-0.1, -0.05) is 30.4 Å². The molecule has 0 aromatic heterocycles. The van der Waals surface area contributed by atoms with Crippen molar-refractivity contribution >= 4 is 31.7 Å². The predicted octanol–water partition coefficient (Wildman–Crippen LogP) is -7.87. The second-order valence-electron chi connectivity index (χ2n) is 5.06. The molecule has 0 aromatic rings. The molecule has 2 aliphatic rings. The van der Waals surface area contributed by atoms with Crippen molar-refractivity contribution in [1.29, 1.82) is 5.39 Å². The fourth-order valence-electron chi connectivity index (χ4n) is 2.16. The Kier molecular flexibility index (Phi) is 22.3. The molecular formula is C14H16N6Na2O10S2. The van der Waals surface area contributed by atoms with Crippen LogP contribution in [0.15, 0.2) is 85.0 Å². The average molecular weight is 538 g/mol. The second kappa shape index (κ2) is 17.8. The van der Waals surface area contributed by atoms with Crippen molar-refractivity contribution in [3.8, 4) is 0 Å². The van der Waals surface area contributed by atoms with Gasteiger partial charge in [0.05, 0.1) is 9.81 Å². The summed E-state index contributed by atoms with van der Waals surface area (Å²) in [4.78, 5) is -1.41. The molecule has 0 fully saturated rings. The van der Waals surface area contributed by atoms with Gasteiger partial charge in [-0.2, -0.15) is 0 Å². The van der Waals surface area contributed by atoms with Gasteiger partial charge in [-0.15, -0.1) is 0 Å². The smallest absolute Gasteiger partial charge is 0.744 e. The number of nitrogens with zero attached hydrogens (tertiary/aromatic N) is 6. The van der Waals surface area contributed by atoms with E-state index in [0.29, 0.717) is 0 Å². The van der Waals surface area contributed by atoms with Crippen molar-refractivity contribution in [2.24, 2.45) is 15.4 Å². The van der Waals surface area contributed by atoms with Gasteiger partial charge in [0.1, 0.15) is 20.2 Å². The van der Waals surface area contributed by atoms with E-state index in [1.807, 2.05) is 0 Å². The fourth-order valence-corrected chi connectivity index (χ4v) is 3.54. The van der Waals surface area contributed by atoms with Crippen molar-refractivity contribution in [2.75, 3.05) is 0 Å². The summed E-state index contributed by atoms with van der Waals surface area (Å²) >= 11 is 0. The van der Waals surface area contributed by atoms with Gasteiger partial charge in [-0.25, -0.2) is 16.8 Å². The van der Waals surface area contributed by atoms with Gasteiger partial charge >= 0.3 is 64.2 Å². The van der Waals surface area contributed by atoms with Crippen LogP contribution in [0.4, 0.5) is 0 Å². The van der Waals surface area contributed by atoms with E-state index in [2.05, 4.69) is 20.5 Å². The van der Waals surface area contributed by atoms with Crippen LogP contribution in [0.3, 0.4) is 0 Å². The molecule has 0 bridgehead atoms. The zero-order chi connectivity index (χ0) is 20.9. The van der Waals surface area contributed by atoms with Gasteiger partial charge < -0.3 is 41.6 Å². The van der Waals surface area contributed by atoms with Crippen molar-refractivity contribution in [1.82, 2.24) is 0 Å². The molecule has 0 aromatic carbocycles. The molecule has 34 heavy (non-hydrogen) atoms. The number of rotatable bonds is 4. The third-order valence-corrected chi connectivity index (χ3v) is 5.08. The largest absolute Gasteiger partial charge is 1.00 e. The molecule has 176 valence electrons. The quantitative estimate of drug-likeness (QED) is 0.109. The summed E-state index contributed by atoms with van der Waals surface area (Å²) in [5.41, 5.74) is 7.92. The van der Waals surface area contributed by atoms with Crippen LogP contribution in [0, 0.1) is 5.39 Å². The molecule has 0 aliphatic heterocycles. The van der Waals surface area contributed by atoms with Crippen LogP contribution in [0.1, 0.15) is 0 Å². The second-order valence-corrected chi connectivity index (χ2v) is 7.76. The van der Waals surface area contributed by atoms with E-state index in [1.54, 1.807) is 0 Å². The van der Waals surface area contributed by atoms with Crippen LogP contribution in [0.25, 0.3) is 10.6 Å². The standard InChI is InChI=1S/C14H10N6O6S2.2Na.4H2O/c15-19-17-11-5-3-9(13(7-11)27(21,22)23)1-2-10-4-6-12(18-20-16)8-14(10)28(24,25)26;;;;;;/h1-8H,(H,21,22,23)(H,24,25,26);;;4*1H2/q;2*+1;;;;/p-2. The van der Waals surface area contributed by atoms with E-state index in [1.165, 1.54) is 24.3 Å². The molecule has 0 heterocycles. The molecule has 2 rings (SSSR count). The predicted molar refractivity (Wildman–Crippen MR) is 110 cm³/mol. The first kappa shape index (κ1) is 42.6. The number of diazo groups is 1. The Morgan fingerprint density at radius 3 is 1.53 bits per heavy atom. The van der Waals surface area contributed by atoms with Gasteiger partial charge in [-0.05, 0) is 35.1 Å². The molecule has 0 saturated carbocycles. The monoisotopic (exact) mass is 538 g/mol. The molecule has 0 unspecified atom stereocenters. The number of hydrogen-bond donors (Lipinski definition) is 0. The van der Waals surface area contributed by atoms with Crippen molar-refractivity contribution in [2.45, 2.75) is 0 Å². The van der Waals surface area contributed by atoms with Crippen LogP contribution in [-0.2, 0) is 20.2 Å². The zero-order valence-corrected chi connectivity index (χ0v) is 23.2. The van der Waals surface area contributed by atoms with Crippen molar-refractivity contribution in [3.63, 3.8) is 0 Å². The summed E-state index contributed by atoms with van der Waals surface area (Å²) < 4.78 is 68.7. The molecule has 20 heteroatoms. The van der Waals surface area contributed by atoms with Crippen LogP contribution >= 0.6 is 0 Å². The summed E-state index contributed by atoms with van der Waals surface area (Å²) in [5.74, 6) is 0. The molecule has 0 saturated heterocycles. The first-order valence-corrected chi connectivity index (χ1v) is 9.86. The van der Waals surface area contributed by atoms with E-state index in [0.717, 1.165) is 24.3 Å². The van der Waals surface area contributed by atoms with Crippen molar-refractivity contribution < 1.29 is 107 Å². The van der Waals surface area contributed by atoms with E-state index < -0.39 is 30.0 Å². The molecule has 16 nitrogen and oxygen atoms in total. The maximum Gasteiger partial charge on any atom is 1.00 e. The molecule has 0 amide bonds. The summed E-state index contributed by atoms with van der Waals surface area (Å²) in [6.45, 7) is 0. The molecule has 0 radical (unpaired) electrons. The Labute approximate surface area is 237 Å². The normalized spacial score (nSPS) is 19.0. The number of hydrogen-bond acceptors (Lipinski definition) is 9. The van der Waals surface area contributed by atoms with Crippen LogP contribution in [0.2, 0.25) is 0 Å². The van der Waals surface area contributed by atoms with E-state index >= 15 is 0 Å². The summed E-state index contributed by atoms with van der Waals surface area (Å²) in [6.07, 6.45) is 8.74. The average Bonchev–Trinajstić information content (AvgIpc) is 2.60. The van der Waals surface area contributed by atoms with Crippen LogP contribution in [0.5, 0.6) is 0 Å². The minimum Gasteiger partial charge on any atom is -0.744 e. The van der Waals surface area contributed by atoms with Crippen LogP contribution < -0.4 is 59.1 Å². The van der Waals surface area contributed by atoms with Crippen LogP contribution in [-0.4, -0.2) is 59.3 Å². The van der Waals surface area contributed by atoms with Gasteiger partial charge in [0, 0.05) is 0 Å². The third-order valence-electron chi connectivity index (χ3n) is 3.30. The first-order valence-electron chi connectivity index (χ1n) is 7.04. The van der Waals surface area contributed by atoms with E-state index in [4.69, 9.17) is 10.9 Å². The summed E-state index contributed by atoms with van der Waals surface area (Å²) in [6, 6.07) is 0. The Bertz CT molecular complexity index is 1240. The molecule has 0 spiro atoms. The maximum atomic E-state index is 11.4. The van der Waals surface area contributed by atoms with Gasteiger partial charge in [0.15, 0.2) is 10.8 Å². The molecule has 8 N–H and O–H groups in total. The minimum absolute atomic E-state index is 0. The van der Waals surface area contributed by atoms with E-state index in [-0.39, 0.29) is 104 Å². The topological polar surface area (TPSA) is 328 Å². The Morgan fingerprint density at radius 2 is 1.18 bits per heavy atom. The fraction of sp³-hybridized carbons (Fsp3) is 0. The van der Waals surface area contributed by atoms with E-state index in [9.17, 15) is 25.9 Å². The Morgan fingerprint density at radius 1 is 0.794 bits per heavy atom. The van der Waals surface area contributed by atoms with Crippen molar-refractivity contribution in [3.05, 3.63) is 80.2 Å². The summed E-state index contributed by atoms with van der Waals surface area (Å²) in [7, 11) is -9.90. The zero-order valence-electron chi connectivity index (χ0n) is 17.6. The van der Waals surface area contributed by atoms with Gasteiger partial charge in [0.25, 0.3) is 5.39 Å². The minimum atomic E-state index is -4.95. The Hall–Kier alpha value is -1.54. The maximum absolute atomic E-state index is 11.4. The first-order chi connectivity index (χ1) is 13.1. The molecule has 2 aliphatic carbocycles. The number of allylic oxidation sites excluding steroid dienone is 10. The SMILES string of the molecule is N#[N+]N=C1C=CC(=CC=C2C=CC(=NN=[N-])C=C2S(=O)(=O)[O-])C(S(=O)(=O)[O-])=C1.O.O.O.O.[Na+].[Na+].